The van der Waals surface area contributed by atoms with Gasteiger partial charge in [-0.15, -0.1) is 0 Å². The SMILES string of the molecule is N#Cc1c(C#N)c(-n2c3ccc(-c4ccccc4)cc3c3cccc(-c4ccccc4)c32)c2c3ccc(o3)c2c1-n1c2ccc(-c3ccccc3)cc2c2cccc(-c3ccccc3)c21. The molecule has 0 saturated carbocycles. The summed E-state index contributed by atoms with van der Waals surface area (Å²) in [6, 6.07) is 76.8. The lowest BCUT2D eigenvalue weighted by Crippen LogP contribution is -2.08. The van der Waals surface area contributed by atoms with Crippen LogP contribution in [-0.4, -0.2) is 9.13 Å². The van der Waals surface area contributed by atoms with Gasteiger partial charge in [-0.25, -0.2) is 0 Å². The first-order valence-corrected chi connectivity index (χ1v) is 21.7. The van der Waals surface area contributed by atoms with Gasteiger partial charge < -0.3 is 13.6 Å². The zero-order chi connectivity index (χ0) is 43.2. The van der Waals surface area contributed by atoms with Gasteiger partial charge in [-0.05, 0) is 69.8 Å². The van der Waals surface area contributed by atoms with Crippen LogP contribution in [0.25, 0.3) is 121 Å². The molecule has 2 bridgehead atoms. The fourth-order valence-corrected chi connectivity index (χ4v) is 10.4. The van der Waals surface area contributed by atoms with Crippen molar-refractivity contribution in [3.05, 3.63) is 217 Å². The van der Waals surface area contributed by atoms with Gasteiger partial charge in [0.1, 0.15) is 23.3 Å². The van der Waals surface area contributed by atoms with Crippen molar-refractivity contribution in [1.29, 1.82) is 10.5 Å². The van der Waals surface area contributed by atoms with Gasteiger partial charge in [0.15, 0.2) is 0 Å². The van der Waals surface area contributed by atoms with E-state index in [1.165, 1.54) is 0 Å². The molecule has 4 aromatic heterocycles. The zero-order valence-electron chi connectivity index (χ0n) is 34.8. The molecule has 13 aromatic rings. The quantitative estimate of drug-likeness (QED) is 0.168. The maximum atomic E-state index is 11.7. The number of fused-ring (bicyclic) bond motifs is 11. The van der Waals surface area contributed by atoms with E-state index in [1.807, 2.05) is 36.4 Å². The van der Waals surface area contributed by atoms with Gasteiger partial charge >= 0.3 is 0 Å². The van der Waals surface area contributed by atoms with Crippen molar-refractivity contribution in [2.24, 2.45) is 0 Å². The number of furan rings is 2. The smallest absolute Gasteiger partial charge is 0.137 e. The van der Waals surface area contributed by atoms with Crippen LogP contribution >= 0.6 is 0 Å². The van der Waals surface area contributed by atoms with Crippen LogP contribution in [0.4, 0.5) is 0 Å². The minimum Gasteiger partial charge on any atom is -0.456 e. The molecule has 0 fully saturated rings. The van der Waals surface area contributed by atoms with E-state index < -0.39 is 0 Å². The summed E-state index contributed by atoms with van der Waals surface area (Å²) in [5.74, 6) is 0. The second-order valence-electron chi connectivity index (χ2n) is 16.6. The van der Waals surface area contributed by atoms with E-state index in [4.69, 9.17) is 4.42 Å². The maximum absolute atomic E-state index is 11.7. The average molecular weight is 827 g/mol. The van der Waals surface area contributed by atoms with Crippen LogP contribution in [0, 0.1) is 22.7 Å². The van der Waals surface area contributed by atoms with Crippen LogP contribution in [0.5, 0.6) is 0 Å². The molecule has 13 rings (SSSR count). The number of nitrogens with zero attached hydrogens (tertiary/aromatic N) is 4. The Morgan fingerprint density at radius 1 is 0.338 bits per heavy atom. The molecule has 65 heavy (non-hydrogen) atoms. The monoisotopic (exact) mass is 826 g/mol. The first-order valence-electron chi connectivity index (χ1n) is 21.7. The molecule has 0 atom stereocenters. The fraction of sp³-hybridized carbons (Fsp3) is 0. The molecule has 9 aromatic carbocycles. The van der Waals surface area contributed by atoms with Crippen LogP contribution in [0.3, 0.4) is 0 Å². The molecule has 300 valence electrons. The molecule has 5 nitrogen and oxygen atoms in total. The lowest BCUT2D eigenvalue weighted by Gasteiger charge is -2.20. The van der Waals surface area contributed by atoms with E-state index in [-0.39, 0.29) is 11.1 Å². The summed E-state index contributed by atoms with van der Waals surface area (Å²) in [4.78, 5) is 0. The van der Waals surface area contributed by atoms with Gasteiger partial charge in [-0.1, -0.05) is 170 Å². The van der Waals surface area contributed by atoms with Crippen LogP contribution in [0.2, 0.25) is 0 Å². The highest BCUT2D eigenvalue weighted by Crippen LogP contribution is 2.50. The molecule has 0 N–H and O–H groups in total. The number of hydrogen-bond acceptors (Lipinski definition) is 3. The van der Waals surface area contributed by atoms with Crippen molar-refractivity contribution in [3.8, 4) is 68.0 Å². The maximum Gasteiger partial charge on any atom is 0.137 e. The molecule has 0 saturated heterocycles. The number of rotatable bonds is 6. The highest BCUT2D eigenvalue weighted by molar-refractivity contribution is 6.23. The third kappa shape index (κ3) is 5.31. The highest BCUT2D eigenvalue weighted by atomic mass is 16.3. The van der Waals surface area contributed by atoms with E-state index in [0.717, 1.165) is 98.9 Å². The summed E-state index contributed by atoms with van der Waals surface area (Å²) in [6.07, 6.45) is 0. The molecular weight excluding hydrogens is 793 g/mol. The van der Waals surface area contributed by atoms with Gasteiger partial charge in [0.2, 0.25) is 0 Å². The van der Waals surface area contributed by atoms with Gasteiger partial charge in [0.25, 0.3) is 0 Å². The Kier molecular flexibility index (Phi) is 7.97. The number of benzene rings is 10. The lowest BCUT2D eigenvalue weighted by atomic mass is 9.95. The number of nitriles is 2. The van der Waals surface area contributed by atoms with E-state index in [9.17, 15) is 10.5 Å². The molecule has 0 aliphatic carbocycles. The lowest BCUT2D eigenvalue weighted by molar-refractivity contribution is 0.678. The van der Waals surface area contributed by atoms with E-state index in [1.54, 1.807) is 0 Å². The molecule has 0 radical (unpaired) electrons. The Morgan fingerprint density at radius 2 is 0.723 bits per heavy atom. The third-order valence-corrected chi connectivity index (χ3v) is 13.2. The van der Waals surface area contributed by atoms with Crippen molar-refractivity contribution in [1.82, 2.24) is 9.13 Å². The van der Waals surface area contributed by atoms with Crippen molar-refractivity contribution < 1.29 is 4.42 Å². The van der Waals surface area contributed by atoms with Crippen molar-refractivity contribution >= 4 is 65.6 Å². The van der Waals surface area contributed by atoms with Gasteiger partial charge in [-0.3, -0.25) is 0 Å². The van der Waals surface area contributed by atoms with Crippen LogP contribution in [0.15, 0.2) is 211 Å². The second kappa shape index (κ2) is 14.2. The Morgan fingerprint density at radius 3 is 1.11 bits per heavy atom. The molecule has 0 unspecified atom stereocenters. The first-order chi connectivity index (χ1) is 32.2. The fourth-order valence-electron chi connectivity index (χ4n) is 10.4. The van der Waals surface area contributed by atoms with Gasteiger partial charge in [0, 0.05) is 32.7 Å². The predicted octanol–water partition coefficient (Wildman–Crippen LogP) is 15.6. The largest absolute Gasteiger partial charge is 0.456 e. The zero-order valence-corrected chi connectivity index (χ0v) is 34.8. The summed E-state index contributed by atoms with van der Waals surface area (Å²) in [7, 11) is 0. The van der Waals surface area contributed by atoms with Crippen molar-refractivity contribution in [2.45, 2.75) is 0 Å². The van der Waals surface area contributed by atoms with E-state index in [0.29, 0.717) is 22.5 Å². The standard InChI is InChI=1S/C60H34N4O/c61-35-49-50(36-62)60(64-52-30-28-42(38-17-7-2-8-18-38)34-48(52)46-26-14-24-44(58(46)64)40-21-11-4-12-22-40)56-54-32-31-53(65-54)55(56)59(49)63-51-29-27-41(37-15-5-1-6-16-37)33-47(51)45-25-13-23-43(57(45)63)39-19-9-3-10-20-39/h1-34H. The third-order valence-electron chi connectivity index (χ3n) is 13.2. The molecule has 0 spiro atoms. The molecular formula is C60H34N4O. The normalized spacial score (nSPS) is 11.7. The Balaban J connectivity index is 1.20. The Hall–Kier alpha value is -9.16. The molecule has 0 amide bonds. The van der Waals surface area contributed by atoms with Crippen LogP contribution in [-0.2, 0) is 0 Å². The Labute approximate surface area is 373 Å². The van der Waals surface area contributed by atoms with Gasteiger partial charge in [-0.2, -0.15) is 10.5 Å². The average Bonchev–Trinajstić information content (AvgIpc) is 4.16. The number of aromatic nitrogens is 2. The molecule has 0 aliphatic heterocycles. The topological polar surface area (TPSA) is 70.6 Å². The molecule has 4 heterocycles. The Bertz CT molecular complexity index is 3840. The second-order valence-corrected chi connectivity index (χ2v) is 16.6. The van der Waals surface area contributed by atoms with E-state index >= 15 is 0 Å². The summed E-state index contributed by atoms with van der Waals surface area (Å²) in [5, 5.41) is 29.1. The minimum atomic E-state index is 0.279. The predicted molar refractivity (Wildman–Crippen MR) is 265 cm³/mol. The number of hydrogen-bond donors (Lipinski definition) is 0. The summed E-state index contributed by atoms with van der Waals surface area (Å²) < 4.78 is 11.2. The van der Waals surface area contributed by atoms with Crippen LogP contribution in [0.1, 0.15) is 11.1 Å². The van der Waals surface area contributed by atoms with Gasteiger partial charge in [0.05, 0.1) is 55.3 Å². The van der Waals surface area contributed by atoms with Crippen LogP contribution < -0.4 is 0 Å². The molecule has 5 heteroatoms. The van der Waals surface area contributed by atoms with Crippen molar-refractivity contribution in [3.63, 3.8) is 0 Å². The summed E-state index contributed by atoms with van der Waals surface area (Å²) in [5.41, 5.74) is 15.4. The minimum absolute atomic E-state index is 0.279. The summed E-state index contributed by atoms with van der Waals surface area (Å²) >= 11 is 0. The van der Waals surface area contributed by atoms with E-state index in [2.05, 4.69) is 191 Å². The molecule has 0 aliphatic rings. The summed E-state index contributed by atoms with van der Waals surface area (Å²) in [6.45, 7) is 0. The highest BCUT2D eigenvalue weighted by Gasteiger charge is 2.32. The first kappa shape index (κ1) is 36.5. The van der Waals surface area contributed by atoms with Crippen molar-refractivity contribution in [2.75, 3.05) is 0 Å². The number of para-hydroxylation sites is 2.